The lowest BCUT2D eigenvalue weighted by molar-refractivity contribution is -0.210. The molecule has 0 saturated carbocycles. The van der Waals surface area contributed by atoms with Gasteiger partial charge in [0.15, 0.2) is 11.3 Å². The van der Waals surface area contributed by atoms with E-state index in [1.807, 2.05) is 60.7 Å². The largest absolute Gasteiger partial charge is 0.340 e. The Labute approximate surface area is 161 Å². The van der Waals surface area contributed by atoms with Gasteiger partial charge in [0.1, 0.15) is 26.9 Å². The van der Waals surface area contributed by atoms with Gasteiger partial charge >= 0.3 is 12.1 Å². The van der Waals surface area contributed by atoms with E-state index < -0.39 is 11.3 Å². The van der Waals surface area contributed by atoms with Crippen LogP contribution >= 0.6 is 0 Å². The van der Waals surface area contributed by atoms with Gasteiger partial charge in [0.2, 0.25) is 0 Å². The molecule has 142 valence electrons. The Morgan fingerprint density at radius 1 is 0.571 bits per heavy atom. The number of hydrogen-bond donors (Lipinski definition) is 0. The summed E-state index contributed by atoms with van der Waals surface area (Å²) >= 11 is 0. The van der Waals surface area contributed by atoms with Crippen LogP contribution in [0.3, 0.4) is 0 Å². The van der Waals surface area contributed by atoms with Gasteiger partial charge in [-0.1, -0.05) is 60.7 Å². The molecule has 4 heterocycles. The summed E-state index contributed by atoms with van der Waals surface area (Å²) in [6, 6.07) is 19.0. The van der Waals surface area contributed by atoms with Crippen LogP contribution in [0.15, 0.2) is 60.7 Å². The number of ether oxygens (including phenoxy) is 2. The zero-order valence-corrected chi connectivity index (χ0v) is 15.0. The van der Waals surface area contributed by atoms with E-state index in [-0.39, 0.29) is 39.0 Å². The van der Waals surface area contributed by atoms with Crippen molar-refractivity contribution in [3.05, 3.63) is 71.8 Å². The zero-order chi connectivity index (χ0) is 18.9. The minimum absolute atomic E-state index is 0.108. The molecule has 8 nitrogen and oxygen atoms in total. The molecular weight excluding hydrogens is 360 g/mol. The lowest BCUT2D eigenvalue weighted by Gasteiger charge is -2.52. The molecule has 4 fully saturated rings. The molecule has 0 bridgehead atoms. The van der Waals surface area contributed by atoms with E-state index in [0.717, 1.165) is 11.1 Å². The van der Waals surface area contributed by atoms with Gasteiger partial charge in [-0.05, 0) is 0 Å². The summed E-state index contributed by atoms with van der Waals surface area (Å²) < 4.78 is 11.3. The van der Waals surface area contributed by atoms with Gasteiger partial charge in [0, 0.05) is 11.1 Å². The van der Waals surface area contributed by atoms with Crippen molar-refractivity contribution in [1.29, 1.82) is 0 Å². The first-order valence-corrected chi connectivity index (χ1v) is 9.19. The summed E-state index contributed by atoms with van der Waals surface area (Å²) in [4.78, 5) is 33.7. The highest BCUT2D eigenvalue weighted by Crippen LogP contribution is 2.63. The van der Waals surface area contributed by atoms with Gasteiger partial charge in [0.05, 0.1) is 0 Å². The maximum absolute atomic E-state index is 13.5. The summed E-state index contributed by atoms with van der Waals surface area (Å²) in [6.45, 7) is 0.430. The number of amides is 4. The van der Waals surface area contributed by atoms with Crippen molar-refractivity contribution in [3.8, 4) is 0 Å². The quantitative estimate of drug-likeness (QED) is 0.802. The molecule has 0 unspecified atom stereocenters. The fourth-order valence-corrected chi connectivity index (χ4v) is 5.30. The van der Waals surface area contributed by atoms with Crippen LogP contribution in [0.4, 0.5) is 9.59 Å². The molecule has 8 heteroatoms. The van der Waals surface area contributed by atoms with Gasteiger partial charge in [-0.2, -0.15) is 0 Å². The van der Waals surface area contributed by atoms with Crippen LogP contribution in [0.2, 0.25) is 0 Å². The van der Waals surface area contributed by atoms with E-state index in [2.05, 4.69) is 0 Å². The third-order valence-corrected chi connectivity index (χ3v) is 6.21. The summed E-state index contributed by atoms with van der Waals surface area (Å²) in [7, 11) is 0. The van der Waals surface area contributed by atoms with E-state index in [4.69, 9.17) is 9.47 Å². The lowest BCUT2D eigenvalue weighted by atomic mass is 9.79. The van der Waals surface area contributed by atoms with E-state index >= 15 is 0 Å². The van der Waals surface area contributed by atoms with E-state index in [1.54, 1.807) is 19.6 Å². The second kappa shape index (κ2) is 5.24. The minimum atomic E-state index is -1.04. The van der Waals surface area contributed by atoms with E-state index in [0.29, 0.717) is 0 Å². The molecule has 0 atom stereocenters. The summed E-state index contributed by atoms with van der Waals surface area (Å²) in [5.41, 5.74) is -0.330. The molecular formula is C20H18N4O4. The molecule has 0 N–H and O–H groups in total. The van der Waals surface area contributed by atoms with Crippen LogP contribution in [0.1, 0.15) is 11.1 Å². The first-order chi connectivity index (χ1) is 13.7. The molecule has 2 aromatic carbocycles. The highest BCUT2D eigenvalue weighted by atomic mass is 16.5. The number of hydrogen-bond acceptors (Lipinski definition) is 4. The van der Waals surface area contributed by atoms with Gasteiger partial charge in [0.25, 0.3) is 0 Å². The van der Waals surface area contributed by atoms with Crippen molar-refractivity contribution >= 4 is 12.1 Å². The molecule has 0 spiro atoms. The minimum Gasteiger partial charge on any atom is -0.340 e. The number of nitrogens with zero attached hydrogens (tertiary/aromatic N) is 4. The second-order valence-electron chi connectivity index (χ2n) is 7.28. The monoisotopic (exact) mass is 378 g/mol. The van der Waals surface area contributed by atoms with Crippen molar-refractivity contribution in [1.82, 2.24) is 19.6 Å². The number of rotatable bonds is 2. The van der Waals surface area contributed by atoms with Crippen LogP contribution in [-0.4, -0.2) is 58.6 Å². The van der Waals surface area contributed by atoms with Gasteiger partial charge < -0.3 is 9.47 Å². The summed E-state index contributed by atoms with van der Waals surface area (Å²) in [5.74, 6) is 0. The summed E-state index contributed by atoms with van der Waals surface area (Å²) in [5, 5.41) is 0. The number of benzene rings is 2. The SMILES string of the molecule is O=C1N2COCN3C(=O)N4COCN1C4(c1ccccc1)C23c1ccccc1. The maximum Gasteiger partial charge on any atom is 0.328 e. The second-order valence-corrected chi connectivity index (χ2v) is 7.28. The first kappa shape index (κ1) is 15.9. The summed E-state index contributed by atoms with van der Waals surface area (Å²) in [6.07, 6.45) is 0. The first-order valence-electron chi connectivity index (χ1n) is 9.19. The van der Waals surface area contributed by atoms with E-state index in [1.165, 1.54) is 0 Å². The van der Waals surface area contributed by atoms with Crippen LogP contribution < -0.4 is 0 Å². The van der Waals surface area contributed by atoms with E-state index in [9.17, 15) is 9.59 Å². The predicted molar refractivity (Wildman–Crippen MR) is 96.0 cm³/mol. The molecule has 6 rings (SSSR count). The van der Waals surface area contributed by atoms with Crippen molar-refractivity contribution < 1.29 is 19.1 Å². The van der Waals surface area contributed by atoms with Crippen molar-refractivity contribution in [3.63, 3.8) is 0 Å². The lowest BCUT2D eigenvalue weighted by Crippen LogP contribution is -2.67. The molecule has 4 saturated heterocycles. The normalized spacial score (nSPS) is 30.9. The molecule has 0 aromatic heterocycles. The molecule has 0 aliphatic carbocycles. The highest BCUT2D eigenvalue weighted by Gasteiger charge is 2.81. The third kappa shape index (κ3) is 1.49. The standard InChI is InChI=1S/C20H18N4O4/c25-17-21-11-27-12-22-18(26)24-14-28-13-23(17)20(24,16-9-5-2-6-10-16)19(21,22)15-7-3-1-4-8-15/h1-10H,11-14H2. The fourth-order valence-electron chi connectivity index (χ4n) is 5.30. The Kier molecular flexibility index (Phi) is 2.98. The Bertz CT molecular complexity index is 859. The smallest absolute Gasteiger partial charge is 0.328 e. The Morgan fingerprint density at radius 2 is 0.893 bits per heavy atom. The Hall–Kier alpha value is -3.10. The molecule has 4 aliphatic heterocycles. The highest BCUT2D eigenvalue weighted by molar-refractivity contribution is 5.90. The fraction of sp³-hybridized carbons (Fsp3) is 0.300. The van der Waals surface area contributed by atoms with Crippen molar-refractivity contribution in [2.75, 3.05) is 26.9 Å². The zero-order valence-electron chi connectivity index (χ0n) is 15.0. The number of urea groups is 2. The average molecular weight is 378 g/mol. The van der Waals surface area contributed by atoms with Crippen LogP contribution in [0, 0.1) is 0 Å². The Balaban J connectivity index is 1.77. The molecule has 4 aliphatic rings. The number of carbonyl (C=O) groups is 2. The third-order valence-electron chi connectivity index (χ3n) is 6.21. The van der Waals surface area contributed by atoms with Gasteiger partial charge in [-0.15, -0.1) is 0 Å². The Morgan fingerprint density at radius 3 is 1.21 bits per heavy atom. The van der Waals surface area contributed by atoms with Gasteiger partial charge in [-0.25, -0.2) is 9.59 Å². The van der Waals surface area contributed by atoms with Crippen LogP contribution in [0.5, 0.6) is 0 Å². The molecule has 28 heavy (non-hydrogen) atoms. The molecule has 4 amide bonds. The van der Waals surface area contributed by atoms with Crippen LogP contribution in [-0.2, 0) is 20.8 Å². The predicted octanol–water partition coefficient (Wildman–Crippen LogP) is 2.06. The van der Waals surface area contributed by atoms with Crippen LogP contribution in [0.25, 0.3) is 0 Å². The topological polar surface area (TPSA) is 65.6 Å². The average Bonchev–Trinajstić information content (AvgIpc) is 3.15. The van der Waals surface area contributed by atoms with Gasteiger partial charge in [-0.3, -0.25) is 19.6 Å². The molecule has 2 aromatic rings. The maximum atomic E-state index is 13.5. The molecule has 0 radical (unpaired) electrons. The van der Waals surface area contributed by atoms with Crippen molar-refractivity contribution in [2.45, 2.75) is 11.3 Å². The number of carbonyl (C=O) groups excluding carboxylic acids is 2. The van der Waals surface area contributed by atoms with Crippen molar-refractivity contribution in [2.24, 2.45) is 0 Å².